The maximum absolute atomic E-state index is 5.91. The molecule has 0 saturated heterocycles. The van der Waals surface area contributed by atoms with Gasteiger partial charge in [0, 0.05) is 11.3 Å². The SMILES string of the molecule is CC(Cl)CCCCCCCCCCCCCCCl. The van der Waals surface area contributed by atoms with Crippen molar-refractivity contribution in [3.63, 3.8) is 0 Å². The number of hydrogen-bond acceptors (Lipinski definition) is 0. The molecule has 0 aromatic carbocycles. The van der Waals surface area contributed by atoms with Gasteiger partial charge in [0.15, 0.2) is 0 Å². The zero-order chi connectivity index (χ0) is 13.5. The van der Waals surface area contributed by atoms with Gasteiger partial charge in [0.25, 0.3) is 0 Å². The van der Waals surface area contributed by atoms with E-state index in [9.17, 15) is 0 Å². The Morgan fingerprint density at radius 3 is 1.28 bits per heavy atom. The topological polar surface area (TPSA) is 0 Å². The van der Waals surface area contributed by atoms with Crippen LogP contribution in [0.15, 0.2) is 0 Å². The molecule has 0 spiro atoms. The molecule has 110 valence electrons. The van der Waals surface area contributed by atoms with E-state index in [0.29, 0.717) is 5.38 Å². The molecule has 0 fully saturated rings. The first-order valence-corrected chi connectivity index (χ1v) is 8.94. The molecule has 0 aromatic heterocycles. The highest BCUT2D eigenvalue weighted by Crippen LogP contribution is 2.13. The van der Waals surface area contributed by atoms with Crippen LogP contribution in [0.5, 0.6) is 0 Å². The molecule has 1 unspecified atom stereocenters. The number of halogens is 2. The summed E-state index contributed by atoms with van der Waals surface area (Å²) < 4.78 is 0. The minimum Gasteiger partial charge on any atom is -0.127 e. The van der Waals surface area contributed by atoms with Crippen molar-refractivity contribution < 1.29 is 0 Å². The predicted octanol–water partition coefficient (Wildman–Crippen LogP) is 6.92. The van der Waals surface area contributed by atoms with E-state index in [2.05, 4.69) is 6.92 Å². The van der Waals surface area contributed by atoms with E-state index in [1.54, 1.807) is 0 Å². The van der Waals surface area contributed by atoms with Gasteiger partial charge in [0.1, 0.15) is 0 Å². The highest BCUT2D eigenvalue weighted by Gasteiger charge is 1.96. The van der Waals surface area contributed by atoms with Crippen LogP contribution in [0.25, 0.3) is 0 Å². The number of hydrogen-bond donors (Lipinski definition) is 0. The van der Waals surface area contributed by atoms with Crippen molar-refractivity contribution in [2.75, 3.05) is 5.88 Å². The summed E-state index contributed by atoms with van der Waals surface area (Å²) in [6.45, 7) is 2.09. The first-order chi connectivity index (χ1) is 8.77. The highest BCUT2D eigenvalue weighted by atomic mass is 35.5. The van der Waals surface area contributed by atoms with E-state index in [-0.39, 0.29) is 0 Å². The average molecular weight is 295 g/mol. The summed E-state index contributed by atoms with van der Waals surface area (Å²) in [5, 5.41) is 0.365. The number of rotatable bonds is 14. The van der Waals surface area contributed by atoms with E-state index >= 15 is 0 Å². The molecular formula is C16H32Cl2. The van der Waals surface area contributed by atoms with Crippen molar-refractivity contribution in [1.82, 2.24) is 0 Å². The average Bonchev–Trinajstić information content (AvgIpc) is 2.34. The lowest BCUT2D eigenvalue weighted by Crippen LogP contribution is -1.90. The first kappa shape index (κ1) is 18.6. The van der Waals surface area contributed by atoms with Gasteiger partial charge in [-0.25, -0.2) is 0 Å². The van der Waals surface area contributed by atoms with Crippen molar-refractivity contribution in [2.45, 2.75) is 95.8 Å². The molecule has 0 nitrogen and oxygen atoms in total. The molecule has 2 heteroatoms. The van der Waals surface area contributed by atoms with Crippen LogP contribution in [-0.2, 0) is 0 Å². The lowest BCUT2D eigenvalue weighted by Gasteiger charge is -2.04. The molecule has 0 N–H and O–H groups in total. The van der Waals surface area contributed by atoms with Crippen LogP contribution in [-0.4, -0.2) is 11.3 Å². The van der Waals surface area contributed by atoms with Crippen molar-refractivity contribution >= 4 is 23.2 Å². The molecule has 0 amide bonds. The monoisotopic (exact) mass is 294 g/mol. The van der Waals surface area contributed by atoms with Gasteiger partial charge in [-0.3, -0.25) is 0 Å². The third kappa shape index (κ3) is 16.6. The van der Waals surface area contributed by atoms with Crippen LogP contribution in [0, 0.1) is 0 Å². The Kier molecular flexibility index (Phi) is 16.1. The van der Waals surface area contributed by atoms with Crippen LogP contribution < -0.4 is 0 Å². The van der Waals surface area contributed by atoms with Crippen LogP contribution in [0.1, 0.15) is 90.4 Å². The van der Waals surface area contributed by atoms with Crippen LogP contribution in [0.4, 0.5) is 0 Å². The summed E-state index contributed by atoms with van der Waals surface area (Å²) in [6, 6.07) is 0. The maximum Gasteiger partial charge on any atom is 0.0307 e. The molecule has 0 rings (SSSR count). The third-order valence-electron chi connectivity index (χ3n) is 3.49. The summed E-state index contributed by atoms with van der Waals surface area (Å²) in [4.78, 5) is 0. The van der Waals surface area contributed by atoms with Gasteiger partial charge in [-0.2, -0.15) is 0 Å². The zero-order valence-electron chi connectivity index (χ0n) is 12.2. The van der Waals surface area contributed by atoms with Crippen molar-refractivity contribution in [3.05, 3.63) is 0 Å². The van der Waals surface area contributed by atoms with Crippen LogP contribution in [0.3, 0.4) is 0 Å². The van der Waals surface area contributed by atoms with Gasteiger partial charge in [-0.1, -0.05) is 70.6 Å². The summed E-state index contributed by atoms with van der Waals surface area (Å²) in [5.74, 6) is 0.836. The second kappa shape index (κ2) is 15.6. The van der Waals surface area contributed by atoms with Crippen molar-refractivity contribution in [1.29, 1.82) is 0 Å². The molecule has 0 radical (unpaired) electrons. The summed E-state index contributed by atoms with van der Waals surface area (Å²) in [7, 11) is 0. The Morgan fingerprint density at radius 2 is 0.944 bits per heavy atom. The van der Waals surface area contributed by atoms with Gasteiger partial charge >= 0.3 is 0 Å². The smallest absolute Gasteiger partial charge is 0.0307 e. The Labute approximate surface area is 125 Å². The predicted molar refractivity (Wildman–Crippen MR) is 86.1 cm³/mol. The van der Waals surface area contributed by atoms with Gasteiger partial charge in [-0.05, 0) is 19.8 Å². The Balaban J connectivity index is 2.90. The normalized spacial score (nSPS) is 12.8. The van der Waals surface area contributed by atoms with Crippen molar-refractivity contribution in [3.8, 4) is 0 Å². The standard InChI is InChI=1S/C16H32Cl2/c1-16(18)14-12-10-8-6-4-2-3-5-7-9-11-13-15-17/h16H,2-15H2,1H3. The lowest BCUT2D eigenvalue weighted by molar-refractivity contribution is 0.539. The summed E-state index contributed by atoms with van der Waals surface area (Å²) in [6.07, 6.45) is 17.7. The summed E-state index contributed by atoms with van der Waals surface area (Å²) >= 11 is 11.6. The van der Waals surface area contributed by atoms with Crippen LogP contribution in [0.2, 0.25) is 0 Å². The minimum atomic E-state index is 0.365. The molecule has 0 aliphatic rings. The Hall–Kier alpha value is 0.580. The quantitative estimate of drug-likeness (QED) is 0.241. The second-order valence-corrected chi connectivity index (χ2v) is 6.62. The fraction of sp³-hybridized carbons (Fsp3) is 1.00. The molecule has 0 heterocycles. The van der Waals surface area contributed by atoms with Gasteiger partial charge in [0.2, 0.25) is 0 Å². The second-order valence-electron chi connectivity index (χ2n) is 5.50. The molecule has 0 aliphatic heterocycles. The van der Waals surface area contributed by atoms with E-state index in [4.69, 9.17) is 23.2 Å². The highest BCUT2D eigenvalue weighted by molar-refractivity contribution is 6.20. The molecule has 18 heavy (non-hydrogen) atoms. The Bertz CT molecular complexity index is 146. The van der Waals surface area contributed by atoms with Gasteiger partial charge in [0.05, 0.1) is 0 Å². The molecule has 0 aliphatic carbocycles. The molecule has 0 saturated carbocycles. The van der Waals surface area contributed by atoms with Crippen molar-refractivity contribution in [2.24, 2.45) is 0 Å². The molecule has 0 aromatic rings. The zero-order valence-corrected chi connectivity index (χ0v) is 13.7. The largest absolute Gasteiger partial charge is 0.127 e. The molecule has 1 atom stereocenters. The van der Waals surface area contributed by atoms with E-state index in [1.165, 1.54) is 83.5 Å². The summed E-state index contributed by atoms with van der Waals surface area (Å²) in [5.41, 5.74) is 0. The van der Waals surface area contributed by atoms with E-state index < -0.39 is 0 Å². The van der Waals surface area contributed by atoms with E-state index in [1.807, 2.05) is 0 Å². The van der Waals surface area contributed by atoms with Gasteiger partial charge < -0.3 is 0 Å². The number of alkyl halides is 2. The van der Waals surface area contributed by atoms with Crippen LogP contribution >= 0.6 is 23.2 Å². The fourth-order valence-electron chi connectivity index (χ4n) is 2.29. The Morgan fingerprint density at radius 1 is 0.611 bits per heavy atom. The van der Waals surface area contributed by atoms with E-state index in [0.717, 1.165) is 5.88 Å². The fourth-order valence-corrected chi connectivity index (χ4v) is 2.63. The molecule has 0 bridgehead atoms. The third-order valence-corrected chi connectivity index (χ3v) is 3.97. The minimum absolute atomic E-state index is 0.365. The first-order valence-electron chi connectivity index (χ1n) is 7.97. The molecular weight excluding hydrogens is 263 g/mol. The maximum atomic E-state index is 5.91. The number of unbranched alkanes of at least 4 members (excludes halogenated alkanes) is 11. The lowest BCUT2D eigenvalue weighted by atomic mass is 10.0. The van der Waals surface area contributed by atoms with Gasteiger partial charge in [-0.15, -0.1) is 23.2 Å².